The summed E-state index contributed by atoms with van der Waals surface area (Å²) >= 11 is 0.604. The topological polar surface area (TPSA) is 94.9 Å². The molecule has 0 saturated heterocycles. The number of nitrogens with zero attached hydrogens (tertiary/aromatic N) is 5. The van der Waals surface area contributed by atoms with E-state index >= 15 is 0 Å². The first kappa shape index (κ1) is 18.3. The molecule has 0 spiro atoms. The van der Waals surface area contributed by atoms with E-state index in [9.17, 15) is 27.9 Å². The highest BCUT2D eigenvalue weighted by Crippen LogP contribution is 2.39. The van der Waals surface area contributed by atoms with E-state index in [0.717, 1.165) is 4.57 Å². The van der Waals surface area contributed by atoms with Crippen LogP contribution in [-0.2, 0) is 26.2 Å². The Labute approximate surface area is 147 Å². The van der Waals surface area contributed by atoms with Gasteiger partial charge in [-0.2, -0.15) is 13.2 Å². The zero-order valence-corrected chi connectivity index (χ0v) is 14.7. The fourth-order valence-corrected chi connectivity index (χ4v) is 3.31. The van der Waals surface area contributed by atoms with Crippen molar-refractivity contribution in [1.82, 2.24) is 23.7 Å². The molecule has 3 aromatic heterocycles. The fourth-order valence-electron chi connectivity index (χ4n) is 2.42. The number of aromatic nitrogens is 5. The van der Waals surface area contributed by atoms with Gasteiger partial charge in [0.15, 0.2) is 11.2 Å². The number of aliphatic hydroxyl groups is 1. The molecule has 0 bridgehead atoms. The van der Waals surface area contributed by atoms with E-state index < -0.39 is 28.0 Å². The van der Waals surface area contributed by atoms with Gasteiger partial charge in [-0.3, -0.25) is 13.9 Å². The van der Waals surface area contributed by atoms with Gasteiger partial charge < -0.3 is 9.67 Å². The predicted molar refractivity (Wildman–Crippen MR) is 87.1 cm³/mol. The fraction of sp³-hybridized carbons (Fsp3) is 0.429. The summed E-state index contributed by atoms with van der Waals surface area (Å²) in [6.07, 6.45) is -3.51. The second-order valence-corrected chi connectivity index (χ2v) is 6.83. The molecule has 0 fully saturated rings. The Balaban J connectivity index is 2.08. The molecule has 1 atom stereocenters. The third-order valence-corrected chi connectivity index (χ3v) is 5.14. The highest BCUT2D eigenvalue weighted by atomic mass is 32.1. The molecule has 3 aromatic rings. The molecule has 0 aliphatic rings. The zero-order valence-electron chi connectivity index (χ0n) is 13.9. The lowest BCUT2D eigenvalue weighted by Crippen LogP contribution is -2.40. The van der Waals surface area contributed by atoms with Gasteiger partial charge in [-0.25, -0.2) is 14.8 Å². The summed E-state index contributed by atoms with van der Waals surface area (Å²) in [5, 5.41) is 10.4. The van der Waals surface area contributed by atoms with Gasteiger partial charge in [0.2, 0.25) is 5.60 Å². The number of hydrogen-bond acceptors (Lipinski definition) is 6. The smallest absolute Gasteiger partial charge is 0.375 e. The van der Waals surface area contributed by atoms with Crippen LogP contribution in [0.25, 0.3) is 11.2 Å². The molecule has 1 unspecified atom stereocenters. The van der Waals surface area contributed by atoms with Crippen molar-refractivity contribution in [1.29, 1.82) is 0 Å². The van der Waals surface area contributed by atoms with Crippen LogP contribution in [0.4, 0.5) is 13.2 Å². The van der Waals surface area contributed by atoms with Crippen LogP contribution >= 0.6 is 11.3 Å². The first-order valence-corrected chi connectivity index (χ1v) is 8.18. The normalized spacial score (nSPS) is 14.7. The van der Waals surface area contributed by atoms with Crippen LogP contribution in [0, 0.1) is 0 Å². The highest BCUT2D eigenvalue weighted by Gasteiger charge is 2.53. The molecular weight excluding hydrogens is 375 g/mol. The van der Waals surface area contributed by atoms with Crippen LogP contribution < -0.4 is 11.2 Å². The van der Waals surface area contributed by atoms with Crippen LogP contribution in [-0.4, -0.2) is 35.0 Å². The maximum Gasteiger partial charge on any atom is 0.423 e. The van der Waals surface area contributed by atoms with E-state index in [2.05, 4.69) is 9.97 Å². The Morgan fingerprint density at radius 1 is 1.27 bits per heavy atom. The minimum atomic E-state index is -4.90. The zero-order chi connectivity index (χ0) is 19.4. The summed E-state index contributed by atoms with van der Waals surface area (Å²) in [4.78, 5) is 32.7. The second kappa shape index (κ2) is 5.77. The van der Waals surface area contributed by atoms with Crippen molar-refractivity contribution in [3.8, 4) is 0 Å². The van der Waals surface area contributed by atoms with Crippen LogP contribution in [0.5, 0.6) is 0 Å². The van der Waals surface area contributed by atoms with Gasteiger partial charge in [-0.15, -0.1) is 11.3 Å². The van der Waals surface area contributed by atoms with Gasteiger partial charge in [0.25, 0.3) is 5.56 Å². The van der Waals surface area contributed by atoms with E-state index in [1.807, 2.05) is 0 Å². The van der Waals surface area contributed by atoms with Gasteiger partial charge in [0, 0.05) is 19.5 Å². The molecule has 140 valence electrons. The minimum absolute atomic E-state index is 0.0650. The molecule has 12 heteroatoms. The summed E-state index contributed by atoms with van der Waals surface area (Å²) in [6.45, 7) is 0.277. The number of aryl methyl sites for hydroxylation is 2. The van der Waals surface area contributed by atoms with Crippen LogP contribution in [0.15, 0.2) is 21.3 Å². The van der Waals surface area contributed by atoms with E-state index in [4.69, 9.17) is 0 Å². The monoisotopic (exact) mass is 389 g/mol. The Hall–Kier alpha value is -2.47. The average molecular weight is 389 g/mol. The van der Waals surface area contributed by atoms with Crippen molar-refractivity contribution in [2.24, 2.45) is 14.1 Å². The molecule has 0 aromatic carbocycles. The van der Waals surface area contributed by atoms with E-state index in [1.165, 1.54) is 27.9 Å². The molecule has 0 aliphatic heterocycles. The molecule has 0 radical (unpaired) electrons. The van der Waals surface area contributed by atoms with Crippen molar-refractivity contribution in [2.75, 3.05) is 0 Å². The Morgan fingerprint density at radius 3 is 2.54 bits per heavy atom. The number of halogens is 3. The molecular formula is C14H14F3N5O3S. The van der Waals surface area contributed by atoms with Crippen molar-refractivity contribution >= 4 is 22.5 Å². The number of hydrogen-bond donors (Lipinski definition) is 1. The van der Waals surface area contributed by atoms with E-state index in [1.54, 1.807) is 7.05 Å². The highest BCUT2D eigenvalue weighted by molar-refractivity contribution is 7.09. The summed E-state index contributed by atoms with van der Waals surface area (Å²) in [7, 11) is 3.03. The minimum Gasteiger partial charge on any atom is -0.375 e. The Bertz CT molecular complexity index is 1110. The number of fused-ring (bicyclic) bond motifs is 1. The van der Waals surface area contributed by atoms with Gasteiger partial charge in [-0.05, 0) is 6.92 Å². The number of alkyl halides is 3. The van der Waals surface area contributed by atoms with E-state index in [0.29, 0.717) is 18.3 Å². The van der Waals surface area contributed by atoms with Crippen molar-refractivity contribution in [3.05, 3.63) is 43.2 Å². The second-order valence-electron chi connectivity index (χ2n) is 5.97. The third-order valence-electron chi connectivity index (χ3n) is 4.04. The lowest BCUT2D eigenvalue weighted by Gasteiger charge is -2.23. The van der Waals surface area contributed by atoms with E-state index in [-0.39, 0.29) is 23.4 Å². The predicted octanol–water partition coefficient (Wildman–Crippen LogP) is 0.708. The first-order valence-electron chi connectivity index (χ1n) is 7.30. The van der Waals surface area contributed by atoms with Gasteiger partial charge >= 0.3 is 11.9 Å². The number of thiazole rings is 1. The standard InChI is InChI=1S/C14H14F3N5O3S/c1-13(25,14(15,16)17)11-19-7(5-26-11)4-22-10(23)8-9(18-6-20(8)2)21(3)12(22)24/h5-6,25H,4H2,1-3H3. The van der Waals surface area contributed by atoms with Crippen molar-refractivity contribution < 1.29 is 18.3 Å². The average Bonchev–Trinajstić information content (AvgIpc) is 3.15. The van der Waals surface area contributed by atoms with Crippen LogP contribution in [0.2, 0.25) is 0 Å². The quantitative estimate of drug-likeness (QED) is 0.712. The Kier molecular flexibility index (Phi) is 4.07. The van der Waals surface area contributed by atoms with Gasteiger partial charge in [0.05, 0.1) is 18.6 Å². The number of rotatable bonds is 3. The van der Waals surface area contributed by atoms with Crippen LogP contribution in [0.1, 0.15) is 17.6 Å². The lowest BCUT2D eigenvalue weighted by molar-refractivity contribution is -0.258. The summed E-state index contributed by atoms with van der Waals surface area (Å²) in [5.74, 6) is 0. The molecule has 0 saturated carbocycles. The van der Waals surface area contributed by atoms with Gasteiger partial charge in [0.1, 0.15) is 5.01 Å². The molecule has 26 heavy (non-hydrogen) atoms. The molecule has 3 rings (SSSR count). The summed E-state index contributed by atoms with van der Waals surface area (Å²) in [6, 6.07) is 0. The van der Waals surface area contributed by atoms with Crippen molar-refractivity contribution in [3.63, 3.8) is 0 Å². The molecule has 8 nitrogen and oxygen atoms in total. The summed E-state index contributed by atoms with van der Waals surface area (Å²) in [5.41, 5.74) is -3.95. The van der Waals surface area contributed by atoms with Crippen LogP contribution in [0.3, 0.4) is 0 Å². The third kappa shape index (κ3) is 2.65. The molecule has 0 amide bonds. The maximum absolute atomic E-state index is 12.9. The first-order chi connectivity index (χ1) is 11.9. The molecule has 0 aliphatic carbocycles. The SMILES string of the molecule is Cn1cnc2c1c(=O)n(Cc1csc(C(C)(O)C(F)(F)F)n1)c(=O)n2C. The molecule has 3 heterocycles. The van der Waals surface area contributed by atoms with Gasteiger partial charge in [-0.1, -0.05) is 0 Å². The number of imidazole rings is 1. The maximum atomic E-state index is 12.9. The lowest BCUT2D eigenvalue weighted by atomic mass is 10.1. The largest absolute Gasteiger partial charge is 0.423 e. The Morgan fingerprint density at radius 2 is 1.92 bits per heavy atom. The molecule has 1 N–H and O–H groups in total. The summed E-state index contributed by atoms with van der Waals surface area (Å²) < 4.78 is 42.3. The van der Waals surface area contributed by atoms with Crippen molar-refractivity contribution in [2.45, 2.75) is 25.2 Å².